The van der Waals surface area contributed by atoms with E-state index in [9.17, 15) is 4.39 Å². The molecule has 4 heteroatoms. The summed E-state index contributed by atoms with van der Waals surface area (Å²) in [6.45, 7) is 7.01. The minimum absolute atomic E-state index is 0.408. The molecule has 0 saturated heterocycles. The van der Waals surface area contributed by atoms with E-state index < -0.39 is 6.17 Å². The van der Waals surface area contributed by atoms with Gasteiger partial charge in [0.15, 0.2) is 5.82 Å². The van der Waals surface area contributed by atoms with Gasteiger partial charge in [-0.05, 0) is 61.4 Å². The van der Waals surface area contributed by atoms with E-state index in [2.05, 4.69) is 30.7 Å². The number of rotatable bonds is 19. The maximum atomic E-state index is 14.0. The molecule has 3 nitrogen and oxygen atoms in total. The predicted molar refractivity (Wildman–Crippen MR) is 142 cm³/mol. The standard InChI is InChI=1S/C30H47FN2O/c1-4-6-7-8-9-10-11-12-13-14-26-23-32-30(33-24-26)27-16-19-29(20-17-27)34-22-21-28(31)18-15-25(3)5-2/h16-17,19-20,23-25,28H,4-15,18,21-22H2,1-3H3. The molecule has 0 spiro atoms. The first kappa shape index (κ1) is 28.3. The predicted octanol–water partition coefficient (Wildman–Crippen LogP) is 9.15. The maximum absolute atomic E-state index is 14.0. The van der Waals surface area contributed by atoms with Crippen molar-refractivity contribution in [3.63, 3.8) is 0 Å². The molecule has 1 aromatic carbocycles. The second-order valence-corrected chi connectivity index (χ2v) is 9.84. The Hall–Kier alpha value is -1.97. The van der Waals surface area contributed by atoms with Crippen LogP contribution in [0.25, 0.3) is 11.4 Å². The average molecular weight is 471 g/mol. The Labute approximate surface area is 208 Å². The number of benzene rings is 1. The Morgan fingerprint density at radius 1 is 0.794 bits per heavy atom. The number of hydrogen-bond acceptors (Lipinski definition) is 3. The summed E-state index contributed by atoms with van der Waals surface area (Å²) in [5.74, 6) is 2.09. The summed E-state index contributed by atoms with van der Waals surface area (Å²) in [5, 5.41) is 0. The fraction of sp³-hybridized carbons (Fsp3) is 0.667. The number of nitrogens with zero attached hydrogens (tertiary/aromatic N) is 2. The molecule has 0 aliphatic carbocycles. The number of unbranched alkanes of at least 4 members (excludes halogenated alkanes) is 8. The van der Waals surface area contributed by atoms with E-state index in [1.165, 1.54) is 63.4 Å². The molecule has 0 aliphatic heterocycles. The van der Waals surface area contributed by atoms with Crippen molar-refractivity contribution in [2.45, 2.75) is 117 Å². The van der Waals surface area contributed by atoms with E-state index in [0.717, 1.165) is 36.4 Å². The van der Waals surface area contributed by atoms with Crippen LogP contribution in [-0.2, 0) is 6.42 Å². The summed E-state index contributed by atoms with van der Waals surface area (Å²) in [6.07, 6.45) is 19.4. The van der Waals surface area contributed by atoms with E-state index in [4.69, 9.17) is 4.74 Å². The fourth-order valence-corrected chi connectivity index (χ4v) is 4.09. The van der Waals surface area contributed by atoms with Crippen LogP contribution in [0.3, 0.4) is 0 Å². The van der Waals surface area contributed by atoms with Gasteiger partial charge < -0.3 is 4.74 Å². The largest absolute Gasteiger partial charge is 0.493 e. The molecule has 0 N–H and O–H groups in total. The van der Waals surface area contributed by atoms with Gasteiger partial charge >= 0.3 is 0 Å². The molecule has 0 amide bonds. The van der Waals surface area contributed by atoms with Crippen LogP contribution < -0.4 is 4.74 Å². The van der Waals surface area contributed by atoms with Gasteiger partial charge in [0.1, 0.15) is 11.9 Å². The molecule has 0 bridgehead atoms. The van der Waals surface area contributed by atoms with Gasteiger partial charge in [-0.25, -0.2) is 14.4 Å². The summed E-state index contributed by atoms with van der Waals surface area (Å²) in [6, 6.07) is 7.78. The first-order valence-corrected chi connectivity index (χ1v) is 13.8. The number of ether oxygens (including phenoxy) is 1. The lowest BCUT2D eigenvalue weighted by Gasteiger charge is -2.12. The molecule has 2 aromatic rings. The minimum atomic E-state index is -0.782. The molecule has 0 radical (unpaired) electrons. The number of halogens is 1. The zero-order valence-electron chi connectivity index (χ0n) is 21.9. The third-order valence-corrected chi connectivity index (χ3v) is 6.76. The second kappa shape index (κ2) is 17.5. The zero-order valence-corrected chi connectivity index (χ0v) is 21.9. The Morgan fingerprint density at radius 3 is 2.03 bits per heavy atom. The quantitative estimate of drug-likeness (QED) is 0.192. The van der Waals surface area contributed by atoms with Gasteiger partial charge in [0.2, 0.25) is 0 Å². The Morgan fingerprint density at radius 2 is 1.41 bits per heavy atom. The number of alkyl halides is 1. The molecule has 2 unspecified atom stereocenters. The van der Waals surface area contributed by atoms with Crippen molar-refractivity contribution >= 4 is 0 Å². The van der Waals surface area contributed by atoms with Gasteiger partial charge in [-0.3, -0.25) is 0 Å². The summed E-state index contributed by atoms with van der Waals surface area (Å²) in [7, 11) is 0. The highest BCUT2D eigenvalue weighted by Gasteiger charge is 2.09. The molecule has 190 valence electrons. The average Bonchev–Trinajstić information content (AvgIpc) is 2.87. The highest BCUT2D eigenvalue weighted by Crippen LogP contribution is 2.21. The van der Waals surface area contributed by atoms with Crippen molar-refractivity contribution in [2.75, 3.05) is 6.61 Å². The smallest absolute Gasteiger partial charge is 0.159 e. The van der Waals surface area contributed by atoms with Crippen molar-refractivity contribution in [1.29, 1.82) is 0 Å². The van der Waals surface area contributed by atoms with Crippen LogP contribution in [-0.4, -0.2) is 22.7 Å². The molecule has 0 aliphatic rings. The lowest BCUT2D eigenvalue weighted by atomic mass is 10.0. The normalized spacial score (nSPS) is 13.1. The molecular formula is C30H47FN2O. The molecule has 2 atom stereocenters. The zero-order chi connectivity index (χ0) is 24.4. The molecule has 1 aromatic heterocycles. The van der Waals surface area contributed by atoms with Crippen LogP contribution in [0.1, 0.15) is 110 Å². The molecule has 0 fully saturated rings. The molecule has 2 rings (SSSR count). The maximum Gasteiger partial charge on any atom is 0.159 e. The van der Waals surface area contributed by atoms with Crippen LogP contribution in [0.5, 0.6) is 5.75 Å². The highest BCUT2D eigenvalue weighted by molar-refractivity contribution is 5.55. The highest BCUT2D eigenvalue weighted by atomic mass is 19.1. The van der Waals surface area contributed by atoms with Crippen LogP contribution >= 0.6 is 0 Å². The van der Waals surface area contributed by atoms with Gasteiger partial charge in [0.05, 0.1) is 6.61 Å². The Bertz CT molecular complexity index is 747. The molecule has 34 heavy (non-hydrogen) atoms. The SMILES string of the molecule is CCCCCCCCCCCc1cnc(-c2ccc(OCCC(F)CCC(C)CC)cc2)nc1. The summed E-state index contributed by atoms with van der Waals surface area (Å²) in [5.41, 5.74) is 2.18. The Balaban J connectivity index is 1.64. The lowest BCUT2D eigenvalue weighted by Crippen LogP contribution is -2.09. The first-order chi connectivity index (χ1) is 16.6. The van der Waals surface area contributed by atoms with Crippen LogP contribution in [0, 0.1) is 5.92 Å². The number of aryl methyl sites for hydroxylation is 1. The van der Waals surface area contributed by atoms with Crippen molar-refractivity contribution < 1.29 is 9.13 Å². The van der Waals surface area contributed by atoms with Gasteiger partial charge in [-0.1, -0.05) is 78.6 Å². The first-order valence-electron chi connectivity index (χ1n) is 13.8. The van der Waals surface area contributed by atoms with E-state index >= 15 is 0 Å². The van der Waals surface area contributed by atoms with E-state index in [1.807, 2.05) is 36.7 Å². The number of aromatic nitrogens is 2. The third-order valence-electron chi connectivity index (χ3n) is 6.76. The number of hydrogen-bond donors (Lipinski definition) is 0. The summed E-state index contributed by atoms with van der Waals surface area (Å²) < 4.78 is 19.7. The Kier molecular flexibility index (Phi) is 14.5. The van der Waals surface area contributed by atoms with E-state index in [1.54, 1.807) is 0 Å². The van der Waals surface area contributed by atoms with Crippen molar-refractivity contribution in [3.05, 3.63) is 42.2 Å². The van der Waals surface area contributed by atoms with E-state index in [0.29, 0.717) is 25.4 Å². The summed E-state index contributed by atoms with van der Waals surface area (Å²) >= 11 is 0. The van der Waals surface area contributed by atoms with Gasteiger partial charge in [-0.2, -0.15) is 0 Å². The van der Waals surface area contributed by atoms with Crippen molar-refractivity contribution in [1.82, 2.24) is 9.97 Å². The molecule has 0 saturated carbocycles. The van der Waals surface area contributed by atoms with Crippen molar-refractivity contribution in [2.24, 2.45) is 5.92 Å². The van der Waals surface area contributed by atoms with Crippen LogP contribution in [0.4, 0.5) is 4.39 Å². The monoisotopic (exact) mass is 470 g/mol. The van der Waals surface area contributed by atoms with E-state index in [-0.39, 0.29) is 0 Å². The molecule has 1 heterocycles. The van der Waals surface area contributed by atoms with Gasteiger partial charge in [0, 0.05) is 24.4 Å². The fourth-order valence-electron chi connectivity index (χ4n) is 4.09. The summed E-state index contributed by atoms with van der Waals surface area (Å²) in [4.78, 5) is 9.12. The minimum Gasteiger partial charge on any atom is -0.493 e. The van der Waals surface area contributed by atoms with Gasteiger partial charge in [-0.15, -0.1) is 0 Å². The lowest BCUT2D eigenvalue weighted by molar-refractivity contribution is 0.217. The van der Waals surface area contributed by atoms with Crippen LogP contribution in [0.15, 0.2) is 36.7 Å². The van der Waals surface area contributed by atoms with Crippen LogP contribution in [0.2, 0.25) is 0 Å². The molecular weight excluding hydrogens is 423 g/mol. The van der Waals surface area contributed by atoms with Crippen molar-refractivity contribution in [3.8, 4) is 17.1 Å². The second-order valence-electron chi connectivity index (χ2n) is 9.84. The third kappa shape index (κ3) is 11.9. The van der Waals surface area contributed by atoms with Gasteiger partial charge in [0.25, 0.3) is 0 Å². The topological polar surface area (TPSA) is 35.0 Å².